The van der Waals surface area contributed by atoms with Gasteiger partial charge in [-0.3, -0.25) is 0 Å². The molecule has 0 aliphatic carbocycles. The van der Waals surface area contributed by atoms with Crippen LogP contribution in [0.15, 0.2) is 24.3 Å². The largest absolute Gasteiger partial charge is 0.444 e. The Morgan fingerprint density at radius 1 is 1.37 bits per heavy atom. The maximum atomic E-state index is 11.9. The number of rotatable bonds is 1. The second-order valence-corrected chi connectivity index (χ2v) is 5.84. The normalized spacial score (nSPS) is 22.5. The van der Waals surface area contributed by atoms with Crippen LogP contribution in [-0.2, 0) is 16.1 Å². The molecule has 104 valence electrons. The predicted octanol–water partition coefficient (Wildman–Crippen LogP) is 3.17. The number of carbonyl (C=O) groups is 1. The fraction of sp³-hybridized carbons (Fsp3) is 0.533. The molecule has 1 aliphatic rings. The smallest absolute Gasteiger partial charge is 0.408 e. The summed E-state index contributed by atoms with van der Waals surface area (Å²) in [5, 5.41) is 2.90. The van der Waals surface area contributed by atoms with E-state index in [0.717, 1.165) is 11.1 Å². The summed E-state index contributed by atoms with van der Waals surface area (Å²) in [5.74, 6) is 0. The van der Waals surface area contributed by atoms with Crippen molar-refractivity contribution in [3.63, 3.8) is 0 Å². The highest BCUT2D eigenvalue weighted by molar-refractivity contribution is 5.68. The molecular weight excluding hydrogens is 242 g/mol. The molecular formula is C15H21NO3. The lowest BCUT2D eigenvalue weighted by Crippen LogP contribution is -2.41. The first-order valence-corrected chi connectivity index (χ1v) is 6.56. The minimum Gasteiger partial charge on any atom is -0.444 e. The van der Waals surface area contributed by atoms with Gasteiger partial charge in [-0.1, -0.05) is 24.3 Å². The van der Waals surface area contributed by atoms with Gasteiger partial charge < -0.3 is 14.8 Å². The zero-order valence-electron chi connectivity index (χ0n) is 11.9. The van der Waals surface area contributed by atoms with Crippen molar-refractivity contribution in [1.82, 2.24) is 5.32 Å². The van der Waals surface area contributed by atoms with Gasteiger partial charge in [-0.2, -0.15) is 0 Å². The summed E-state index contributed by atoms with van der Waals surface area (Å²) in [6.07, 6.45) is -0.480. The van der Waals surface area contributed by atoms with Crippen molar-refractivity contribution >= 4 is 6.09 Å². The molecule has 0 spiro atoms. The molecule has 0 bridgehead atoms. The van der Waals surface area contributed by atoms with Crippen molar-refractivity contribution in [3.8, 4) is 0 Å². The van der Waals surface area contributed by atoms with E-state index >= 15 is 0 Å². The van der Waals surface area contributed by atoms with Crippen LogP contribution in [0.5, 0.6) is 0 Å². The van der Waals surface area contributed by atoms with E-state index in [4.69, 9.17) is 9.47 Å². The summed E-state index contributed by atoms with van der Waals surface area (Å²) in [6.45, 7) is 8.09. The minimum absolute atomic E-state index is 0.0672. The van der Waals surface area contributed by atoms with E-state index in [0.29, 0.717) is 6.61 Å². The van der Waals surface area contributed by atoms with Gasteiger partial charge in [0.2, 0.25) is 0 Å². The zero-order chi connectivity index (χ0) is 14.0. The highest BCUT2D eigenvalue weighted by Gasteiger charge is 2.29. The Morgan fingerprint density at radius 2 is 2.05 bits per heavy atom. The van der Waals surface area contributed by atoms with Crippen LogP contribution in [0.4, 0.5) is 4.79 Å². The molecule has 0 saturated carbocycles. The molecule has 4 heteroatoms. The Labute approximate surface area is 114 Å². The van der Waals surface area contributed by atoms with Crippen LogP contribution in [0.2, 0.25) is 0 Å². The highest BCUT2D eigenvalue weighted by atomic mass is 16.6. The number of ether oxygens (including phenoxy) is 2. The van der Waals surface area contributed by atoms with E-state index in [9.17, 15) is 4.79 Å². The van der Waals surface area contributed by atoms with E-state index in [1.807, 2.05) is 52.0 Å². The van der Waals surface area contributed by atoms with E-state index in [1.165, 1.54) is 0 Å². The predicted molar refractivity (Wildman–Crippen MR) is 72.8 cm³/mol. The Morgan fingerprint density at radius 3 is 2.74 bits per heavy atom. The van der Waals surface area contributed by atoms with E-state index in [-0.39, 0.29) is 12.1 Å². The molecule has 0 aromatic heterocycles. The summed E-state index contributed by atoms with van der Waals surface area (Å²) in [6, 6.07) is 7.82. The Bertz CT molecular complexity index is 465. The molecule has 1 N–H and O–H groups in total. The first-order valence-electron chi connectivity index (χ1n) is 6.56. The van der Waals surface area contributed by atoms with Gasteiger partial charge >= 0.3 is 6.09 Å². The van der Waals surface area contributed by atoms with E-state index in [2.05, 4.69) is 5.32 Å². The Hall–Kier alpha value is -1.55. The van der Waals surface area contributed by atoms with Crippen LogP contribution in [0, 0.1) is 0 Å². The number of nitrogens with one attached hydrogen (secondary N) is 1. The van der Waals surface area contributed by atoms with Crippen molar-refractivity contribution in [1.29, 1.82) is 0 Å². The summed E-state index contributed by atoms with van der Waals surface area (Å²) in [5.41, 5.74) is 1.72. The van der Waals surface area contributed by atoms with Crippen molar-refractivity contribution in [3.05, 3.63) is 35.4 Å². The highest BCUT2D eigenvalue weighted by Crippen LogP contribution is 2.29. The third-order valence-electron chi connectivity index (χ3n) is 3.03. The number of carbonyl (C=O) groups excluding carboxylic acids is 1. The molecule has 0 saturated heterocycles. The van der Waals surface area contributed by atoms with Crippen molar-refractivity contribution in [2.45, 2.75) is 52.0 Å². The second-order valence-electron chi connectivity index (χ2n) is 5.84. The van der Waals surface area contributed by atoms with Crippen molar-refractivity contribution in [2.24, 2.45) is 0 Å². The van der Waals surface area contributed by atoms with Gasteiger partial charge in [0.15, 0.2) is 0 Å². The summed E-state index contributed by atoms with van der Waals surface area (Å²) < 4.78 is 11.0. The monoisotopic (exact) mass is 263 g/mol. The average Bonchev–Trinajstić information content (AvgIpc) is 2.31. The molecule has 2 atom stereocenters. The fourth-order valence-electron chi connectivity index (χ4n) is 2.17. The third kappa shape index (κ3) is 3.47. The molecule has 1 aromatic rings. The third-order valence-corrected chi connectivity index (χ3v) is 3.03. The molecule has 4 nitrogen and oxygen atoms in total. The number of alkyl carbamates (subject to hydrolysis) is 1. The summed E-state index contributed by atoms with van der Waals surface area (Å²) in [7, 11) is 0. The van der Waals surface area contributed by atoms with Crippen LogP contribution >= 0.6 is 0 Å². The number of amides is 1. The van der Waals surface area contributed by atoms with Crippen molar-refractivity contribution in [2.75, 3.05) is 0 Å². The van der Waals surface area contributed by atoms with Gasteiger partial charge in [0, 0.05) is 0 Å². The maximum absolute atomic E-state index is 11.9. The molecule has 0 unspecified atom stereocenters. The minimum atomic E-state index is -0.498. The summed E-state index contributed by atoms with van der Waals surface area (Å²) in [4.78, 5) is 11.9. The lowest BCUT2D eigenvalue weighted by Gasteiger charge is -2.32. The van der Waals surface area contributed by atoms with Gasteiger partial charge in [-0.05, 0) is 38.8 Å². The molecule has 0 radical (unpaired) electrons. The van der Waals surface area contributed by atoms with Gasteiger partial charge in [-0.25, -0.2) is 4.79 Å². The first-order chi connectivity index (χ1) is 8.87. The van der Waals surface area contributed by atoms with Crippen LogP contribution in [0.25, 0.3) is 0 Å². The SMILES string of the molecule is C[C@H]1OCc2ccccc2[C@H]1NC(=O)OC(C)(C)C. The number of hydrogen-bond acceptors (Lipinski definition) is 3. The fourth-order valence-corrected chi connectivity index (χ4v) is 2.17. The van der Waals surface area contributed by atoms with Crippen LogP contribution in [-0.4, -0.2) is 17.8 Å². The first kappa shape index (κ1) is 13.9. The molecule has 1 amide bonds. The number of benzene rings is 1. The quantitative estimate of drug-likeness (QED) is 0.846. The van der Waals surface area contributed by atoms with Crippen LogP contribution in [0.3, 0.4) is 0 Å². The maximum Gasteiger partial charge on any atom is 0.408 e. The Balaban J connectivity index is 2.13. The van der Waals surface area contributed by atoms with Gasteiger partial charge in [-0.15, -0.1) is 0 Å². The van der Waals surface area contributed by atoms with Crippen LogP contribution < -0.4 is 5.32 Å². The molecule has 2 rings (SSSR count). The molecule has 1 aliphatic heterocycles. The molecule has 19 heavy (non-hydrogen) atoms. The van der Waals surface area contributed by atoms with Crippen LogP contribution in [0.1, 0.15) is 44.9 Å². The molecule has 0 fully saturated rings. The van der Waals surface area contributed by atoms with Gasteiger partial charge in [0.25, 0.3) is 0 Å². The lowest BCUT2D eigenvalue weighted by molar-refractivity contribution is 0.00255. The number of hydrogen-bond donors (Lipinski definition) is 1. The van der Waals surface area contributed by atoms with E-state index in [1.54, 1.807) is 0 Å². The molecule has 1 heterocycles. The van der Waals surface area contributed by atoms with Gasteiger partial charge in [0.1, 0.15) is 5.60 Å². The second kappa shape index (κ2) is 5.21. The zero-order valence-corrected chi connectivity index (χ0v) is 11.9. The Kier molecular flexibility index (Phi) is 3.80. The van der Waals surface area contributed by atoms with Gasteiger partial charge in [0.05, 0.1) is 18.8 Å². The van der Waals surface area contributed by atoms with Crippen molar-refractivity contribution < 1.29 is 14.3 Å². The average molecular weight is 263 g/mol. The topological polar surface area (TPSA) is 47.6 Å². The number of fused-ring (bicyclic) bond motifs is 1. The standard InChI is InChI=1S/C15H21NO3/c1-10-13(16-14(17)19-15(2,3)4)12-8-6-5-7-11(12)9-18-10/h5-8,10,13H,9H2,1-4H3,(H,16,17)/t10-,13+/m1/s1. The molecule has 1 aromatic carbocycles. The lowest BCUT2D eigenvalue weighted by atomic mass is 9.95. The van der Waals surface area contributed by atoms with E-state index < -0.39 is 11.7 Å². The summed E-state index contributed by atoms with van der Waals surface area (Å²) >= 11 is 0.